The Balaban J connectivity index is 1.75. The van der Waals surface area contributed by atoms with Crippen molar-refractivity contribution in [2.24, 2.45) is 5.92 Å². The second kappa shape index (κ2) is 14.4. The topological polar surface area (TPSA) is 103 Å². The number of nitrogens with one attached hydrogen (secondary N) is 1. The van der Waals surface area contributed by atoms with Crippen LogP contribution in [0, 0.1) is 5.92 Å². The van der Waals surface area contributed by atoms with E-state index in [0.717, 1.165) is 11.3 Å². The molecule has 1 heterocycles. The molecule has 1 amide bonds. The average Bonchev–Trinajstić information content (AvgIpc) is 3.40. The van der Waals surface area contributed by atoms with Crippen molar-refractivity contribution in [2.45, 2.75) is 57.1 Å². The molecule has 3 rings (SSSR count). The van der Waals surface area contributed by atoms with Gasteiger partial charge in [0, 0.05) is 25.6 Å². The first kappa shape index (κ1) is 29.7. The average molecular weight is 549 g/mol. The number of hydrogen-bond donors (Lipinski definition) is 1. The fourth-order valence-corrected chi connectivity index (χ4v) is 5.89. The van der Waals surface area contributed by atoms with Crippen molar-refractivity contribution >= 4 is 16.1 Å². The highest BCUT2D eigenvalue weighted by atomic mass is 32.2. The molecule has 2 aromatic rings. The smallest absolute Gasteiger partial charge is 0.407 e. The molecule has 1 aliphatic heterocycles. The lowest BCUT2D eigenvalue weighted by molar-refractivity contribution is 0.0803. The van der Waals surface area contributed by atoms with E-state index in [4.69, 9.17) is 18.9 Å². The van der Waals surface area contributed by atoms with Gasteiger partial charge in [-0.2, -0.15) is 4.31 Å². The number of carbonyl (C=O) groups is 1. The number of amides is 1. The quantitative estimate of drug-likeness (QED) is 0.376. The maximum Gasteiger partial charge on any atom is 0.407 e. The fourth-order valence-electron chi connectivity index (χ4n) is 4.27. The van der Waals surface area contributed by atoms with Crippen LogP contribution in [-0.2, 0) is 25.9 Å². The number of benzene rings is 2. The van der Waals surface area contributed by atoms with Crippen LogP contribution in [0.5, 0.6) is 11.5 Å². The Morgan fingerprint density at radius 2 is 1.79 bits per heavy atom. The number of methoxy groups -OCH3 is 1. The first-order chi connectivity index (χ1) is 18.2. The summed E-state index contributed by atoms with van der Waals surface area (Å²) in [5.41, 5.74) is 0.997. The molecular formula is C28H40N2O7S. The van der Waals surface area contributed by atoms with Crippen LogP contribution in [0.3, 0.4) is 0 Å². The van der Waals surface area contributed by atoms with Crippen molar-refractivity contribution in [3.63, 3.8) is 0 Å². The van der Waals surface area contributed by atoms with Gasteiger partial charge in [-0.25, -0.2) is 13.2 Å². The molecule has 0 radical (unpaired) electrons. The van der Waals surface area contributed by atoms with Crippen molar-refractivity contribution in [2.75, 3.05) is 40.0 Å². The second-order valence-corrected chi connectivity index (χ2v) is 11.7. The van der Waals surface area contributed by atoms with Crippen molar-refractivity contribution in [3.8, 4) is 11.5 Å². The molecule has 9 nitrogen and oxygen atoms in total. The van der Waals surface area contributed by atoms with Crippen molar-refractivity contribution in [3.05, 3.63) is 54.1 Å². The number of sulfonamides is 1. The van der Waals surface area contributed by atoms with Crippen LogP contribution in [0.15, 0.2) is 53.4 Å². The van der Waals surface area contributed by atoms with Crippen LogP contribution in [-0.4, -0.2) is 71.0 Å². The van der Waals surface area contributed by atoms with Gasteiger partial charge >= 0.3 is 6.09 Å². The Kier molecular flexibility index (Phi) is 11.2. The number of hydrogen-bond acceptors (Lipinski definition) is 7. The first-order valence-electron chi connectivity index (χ1n) is 13.1. The highest BCUT2D eigenvalue weighted by Crippen LogP contribution is 2.22. The SMILES string of the molecule is CCOc1ccc(C[C@@H](CCN(CC(C)C)S(=O)(=O)c2ccc(OC)cc2)NC(=O)O[C@@H]2CCOC2)cc1. The third kappa shape index (κ3) is 8.89. The van der Waals surface area contributed by atoms with Crippen LogP contribution in [0.1, 0.15) is 39.2 Å². The lowest BCUT2D eigenvalue weighted by Gasteiger charge is -2.27. The molecule has 2 aromatic carbocycles. The molecule has 0 saturated carbocycles. The molecule has 210 valence electrons. The van der Waals surface area contributed by atoms with Gasteiger partial charge in [0.05, 0.1) is 31.8 Å². The van der Waals surface area contributed by atoms with E-state index in [1.807, 2.05) is 45.0 Å². The Hall–Kier alpha value is -2.82. The van der Waals surface area contributed by atoms with Gasteiger partial charge in [-0.05, 0) is 67.6 Å². The zero-order chi connectivity index (χ0) is 27.5. The Bertz CT molecular complexity index is 1100. The lowest BCUT2D eigenvalue weighted by atomic mass is 10.0. The summed E-state index contributed by atoms with van der Waals surface area (Å²) in [6.45, 7) is 8.02. The van der Waals surface area contributed by atoms with E-state index >= 15 is 0 Å². The van der Waals surface area contributed by atoms with Gasteiger partial charge in [-0.15, -0.1) is 0 Å². The van der Waals surface area contributed by atoms with Gasteiger partial charge in [0.1, 0.15) is 17.6 Å². The Morgan fingerprint density at radius 3 is 2.37 bits per heavy atom. The Labute approximate surface area is 226 Å². The normalized spacial score (nSPS) is 16.4. The van der Waals surface area contributed by atoms with Gasteiger partial charge in [-0.3, -0.25) is 0 Å². The second-order valence-electron chi connectivity index (χ2n) is 9.73. The molecule has 10 heteroatoms. The lowest BCUT2D eigenvalue weighted by Crippen LogP contribution is -2.42. The third-order valence-electron chi connectivity index (χ3n) is 6.19. The van der Waals surface area contributed by atoms with Gasteiger partial charge < -0.3 is 24.3 Å². The molecule has 1 aliphatic rings. The molecule has 0 aliphatic carbocycles. The number of rotatable bonds is 14. The van der Waals surface area contributed by atoms with Gasteiger partial charge in [0.25, 0.3) is 0 Å². The van der Waals surface area contributed by atoms with Crippen molar-refractivity contribution in [1.82, 2.24) is 9.62 Å². The first-order valence-corrected chi connectivity index (χ1v) is 14.6. The van der Waals surface area contributed by atoms with Crippen LogP contribution < -0.4 is 14.8 Å². The summed E-state index contributed by atoms with van der Waals surface area (Å²) >= 11 is 0. The number of alkyl carbamates (subject to hydrolysis) is 1. The minimum Gasteiger partial charge on any atom is -0.497 e. The summed E-state index contributed by atoms with van der Waals surface area (Å²) in [4.78, 5) is 12.9. The minimum atomic E-state index is -3.75. The maximum absolute atomic E-state index is 13.5. The zero-order valence-electron chi connectivity index (χ0n) is 22.7. The molecule has 1 N–H and O–H groups in total. The summed E-state index contributed by atoms with van der Waals surface area (Å²) < 4.78 is 50.1. The number of nitrogens with zero attached hydrogens (tertiary/aromatic N) is 1. The van der Waals surface area contributed by atoms with E-state index in [1.165, 1.54) is 11.4 Å². The van der Waals surface area contributed by atoms with E-state index in [1.54, 1.807) is 24.3 Å². The van der Waals surface area contributed by atoms with Gasteiger partial charge in [0.15, 0.2) is 0 Å². The van der Waals surface area contributed by atoms with E-state index in [0.29, 0.717) is 51.4 Å². The molecule has 0 aromatic heterocycles. The van der Waals surface area contributed by atoms with Crippen LogP contribution in [0.25, 0.3) is 0 Å². The van der Waals surface area contributed by atoms with E-state index in [-0.39, 0.29) is 29.5 Å². The van der Waals surface area contributed by atoms with Gasteiger partial charge in [0.2, 0.25) is 10.0 Å². The standard InChI is InChI=1S/C28H40N2O7S/c1-5-36-25-8-6-22(7-9-25)18-23(29-28(31)37-26-15-17-35-20-26)14-16-30(19-21(2)3)38(32,33)27-12-10-24(34-4)11-13-27/h6-13,21,23,26H,5,14-20H2,1-4H3,(H,29,31)/t23-,26-/m1/s1. The van der Waals surface area contributed by atoms with Crippen LogP contribution in [0.2, 0.25) is 0 Å². The largest absolute Gasteiger partial charge is 0.497 e. The van der Waals surface area contributed by atoms with E-state index in [2.05, 4.69) is 5.32 Å². The third-order valence-corrected chi connectivity index (χ3v) is 8.07. The molecule has 0 unspecified atom stereocenters. The summed E-state index contributed by atoms with van der Waals surface area (Å²) in [5.74, 6) is 1.48. The fraction of sp³-hybridized carbons (Fsp3) is 0.536. The predicted octanol–water partition coefficient (Wildman–Crippen LogP) is 4.26. The van der Waals surface area contributed by atoms with E-state index in [9.17, 15) is 13.2 Å². The number of carbonyl (C=O) groups excluding carboxylic acids is 1. The van der Waals surface area contributed by atoms with Crippen molar-refractivity contribution in [1.29, 1.82) is 0 Å². The molecule has 1 saturated heterocycles. The Morgan fingerprint density at radius 1 is 1.11 bits per heavy atom. The van der Waals surface area contributed by atoms with E-state index < -0.39 is 16.1 Å². The molecule has 0 spiro atoms. The highest BCUT2D eigenvalue weighted by Gasteiger charge is 2.27. The number of ether oxygens (including phenoxy) is 4. The zero-order valence-corrected chi connectivity index (χ0v) is 23.5. The predicted molar refractivity (Wildman–Crippen MR) is 145 cm³/mol. The summed E-state index contributed by atoms with van der Waals surface area (Å²) in [6, 6.07) is 13.7. The summed E-state index contributed by atoms with van der Waals surface area (Å²) in [6.07, 6.45) is 0.796. The highest BCUT2D eigenvalue weighted by molar-refractivity contribution is 7.89. The van der Waals surface area contributed by atoms with Crippen LogP contribution in [0.4, 0.5) is 4.79 Å². The maximum atomic E-state index is 13.5. The monoisotopic (exact) mass is 548 g/mol. The molecule has 0 bridgehead atoms. The minimum absolute atomic E-state index is 0.118. The molecule has 38 heavy (non-hydrogen) atoms. The summed E-state index contributed by atoms with van der Waals surface area (Å²) in [5, 5.41) is 2.96. The van der Waals surface area contributed by atoms with Crippen molar-refractivity contribution < 1.29 is 32.2 Å². The summed E-state index contributed by atoms with van der Waals surface area (Å²) in [7, 11) is -2.21. The molecule has 2 atom stereocenters. The molecular weight excluding hydrogens is 508 g/mol. The molecule has 1 fully saturated rings. The van der Waals surface area contributed by atoms with Gasteiger partial charge in [-0.1, -0.05) is 26.0 Å². The van der Waals surface area contributed by atoms with Crippen LogP contribution >= 0.6 is 0 Å².